The highest BCUT2D eigenvalue weighted by atomic mass is 28.4. The van der Waals surface area contributed by atoms with E-state index in [0.29, 0.717) is 5.04 Å². The van der Waals surface area contributed by atoms with E-state index in [9.17, 15) is 0 Å². The van der Waals surface area contributed by atoms with E-state index in [4.69, 9.17) is 14.0 Å². The molecule has 0 spiro atoms. The summed E-state index contributed by atoms with van der Waals surface area (Å²) < 4.78 is 5.97. The van der Waals surface area contributed by atoms with E-state index >= 15 is 0 Å². The Labute approximate surface area is 93.6 Å². The molecule has 0 heterocycles. The molecule has 0 N–H and O–H groups in total. The molecule has 0 aromatic carbocycles. The van der Waals surface area contributed by atoms with E-state index in [-0.39, 0.29) is 12.3 Å². The van der Waals surface area contributed by atoms with Crippen molar-refractivity contribution in [2.75, 3.05) is 0 Å². The highest BCUT2D eigenvalue weighted by Gasteiger charge is 2.37. The van der Waals surface area contributed by atoms with Gasteiger partial charge in [0.1, 0.15) is 0 Å². The Balaban J connectivity index is 0. The summed E-state index contributed by atoms with van der Waals surface area (Å²) in [5.74, 6) is 0. The van der Waals surface area contributed by atoms with Gasteiger partial charge < -0.3 is 4.43 Å². The van der Waals surface area contributed by atoms with Crippen molar-refractivity contribution >= 4 is 14.5 Å². The smallest absolute Gasteiger partial charge is 0.373 e. The van der Waals surface area contributed by atoms with Crippen LogP contribution in [0.3, 0.4) is 0 Å². The molecular weight excluding hydrogens is 208 g/mol. The molecule has 4 heteroatoms. The zero-order valence-electron chi connectivity index (χ0n) is 10.6. The van der Waals surface area contributed by atoms with Crippen molar-refractivity contribution in [1.82, 2.24) is 0 Å². The molecule has 0 aliphatic heterocycles. The molecule has 0 bridgehead atoms. The predicted octanol–water partition coefficient (Wildman–Crippen LogP) is 3.00. The monoisotopic (exact) mass is 230 g/mol. The fraction of sp³-hybridized carbons (Fsp3) is 0.727. The van der Waals surface area contributed by atoms with Gasteiger partial charge >= 0.3 is 6.15 Å². The Morgan fingerprint density at radius 2 is 1.67 bits per heavy atom. The second-order valence-electron chi connectivity index (χ2n) is 4.90. The molecule has 0 saturated heterocycles. The molecule has 0 aromatic rings. The van der Waals surface area contributed by atoms with Crippen LogP contribution in [0.2, 0.25) is 18.1 Å². The highest BCUT2D eigenvalue weighted by molar-refractivity contribution is 6.74. The van der Waals surface area contributed by atoms with Crippen LogP contribution in [-0.2, 0) is 14.0 Å². The van der Waals surface area contributed by atoms with Gasteiger partial charge in [0.25, 0.3) is 0 Å². The molecule has 0 unspecified atom stereocenters. The number of hydrogen-bond donors (Lipinski definition) is 0. The van der Waals surface area contributed by atoms with Gasteiger partial charge in [0.05, 0.1) is 6.10 Å². The number of hydrogen-bond acceptors (Lipinski definition) is 3. The molecule has 1 atom stereocenters. The summed E-state index contributed by atoms with van der Waals surface area (Å²) in [5, 5.41) is 0.296. The van der Waals surface area contributed by atoms with Crippen molar-refractivity contribution in [1.29, 1.82) is 0 Å². The van der Waals surface area contributed by atoms with Crippen LogP contribution in [0.1, 0.15) is 27.7 Å². The van der Waals surface area contributed by atoms with Crippen molar-refractivity contribution in [2.45, 2.75) is 51.9 Å². The van der Waals surface area contributed by atoms with Crippen LogP contribution in [0.4, 0.5) is 0 Å². The topological polar surface area (TPSA) is 43.4 Å². The van der Waals surface area contributed by atoms with Crippen LogP contribution in [0, 0.1) is 0 Å². The minimum atomic E-state index is -1.56. The fourth-order valence-electron chi connectivity index (χ4n) is 0.690. The van der Waals surface area contributed by atoms with E-state index in [2.05, 4.69) is 40.4 Å². The first kappa shape index (κ1) is 16.7. The minimum Gasteiger partial charge on any atom is -0.411 e. The maximum Gasteiger partial charge on any atom is 0.373 e. The first-order valence-corrected chi connectivity index (χ1v) is 7.83. The van der Waals surface area contributed by atoms with Crippen molar-refractivity contribution in [3.63, 3.8) is 0 Å². The van der Waals surface area contributed by atoms with E-state index in [0.717, 1.165) is 0 Å². The average Bonchev–Trinajstić information content (AvgIpc) is 2.02. The Kier molecular flexibility index (Phi) is 7.49. The van der Waals surface area contributed by atoms with Gasteiger partial charge in [-0.05, 0) is 25.1 Å². The molecule has 3 nitrogen and oxygen atoms in total. The lowest BCUT2D eigenvalue weighted by Gasteiger charge is -2.37. The van der Waals surface area contributed by atoms with Gasteiger partial charge in [-0.3, -0.25) is 0 Å². The average molecular weight is 230 g/mol. The minimum absolute atomic E-state index is 0.186. The Bertz CT molecular complexity index is 222. The molecule has 15 heavy (non-hydrogen) atoms. The van der Waals surface area contributed by atoms with Gasteiger partial charge in [0, 0.05) is 0 Å². The zero-order chi connectivity index (χ0) is 12.7. The lowest BCUT2D eigenvalue weighted by atomic mass is 10.2. The van der Waals surface area contributed by atoms with Crippen LogP contribution in [0.15, 0.2) is 12.7 Å². The second-order valence-corrected chi connectivity index (χ2v) is 9.66. The van der Waals surface area contributed by atoms with Crippen LogP contribution >= 0.6 is 0 Å². The second kappa shape index (κ2) is 6.72. The summed E-state index contributed by atoms with van der Waals surface area (Å²) in [5.41, 5.74) is 0. The van der Waals surface area contributed by atoms with Crippen LogP contribution in [0.5, 0.6) is 0 Å². The number of rotatable bonds is 3. The van der Waals surface area contributed by atoms with E-state index in [1.54, 1.807) is 0 Å². The third-order valence-electron chi connectivity index (χ3n) is 2.62. The quantitative estimate of drug-likeness (QED) is 0.553. The molecular formula is C11H22O3Si. The Morgan fingerprint density at radius 3 is 1.87 bits per heavy atom. The van der Waals surface area contributed by atoms with Crippen molar-refractivity contribution < 1.29 is 14.0 Å². The van der Waals surface area contributed by atoms with Crippen molar-refractivity contribution in [2.24, 2.45) is 0 Å². The SMILES string of the molecule is C=C[C@@H](C)O[Si](C)(C)C(C)(C)C.O=C=O. The molecule has 0 radical (unpaired) electrons. The summed E-state index contributed by atoms with van der Waals surface area (Å²) in [6.45, 7) is 17.0. The van der Waals surface area contributed by atoms with E-state index in [1.807, 2.05) is 13.0 Å². The largest absolute Gasteiger partial charge is 0.411 e. The molecule has 0 saturated carbocycles. The van der Waals surface area contributed by atoms with Gasteiger partial charge in [-0.15, -0.1) is 6.58 Å². The lowest BCUT2D eigenvalue weighted by Crippen LogP contribution is -2.42. The summed E-state index contributed by atoms with van der Waals surface area (Å²) in [4.78, 5) is 16.2. The van der Waals surface area contributed by atoms with Crippen molar-refractivity contribution in [3.8, 4) is 0 Å². The van der Waals surface area contributed by atoms with Gasteiger partial charge in [-0.2, -0.15) is 9.59 Å². The zero-order valence-corrected chi connectivity index (χ0v) is 11.6. The first-order valence-electron chi connectivity index (χ1n) is 4.92. The third-order valence-corrected chi connectivity index (χ3v) is 7.19. The fourth-order valence-corrected chi connectivity index (χ4v) is 2.07. The first-order chi connectivity index (χ1) is 6.62. The summed E-state index contributed by atoms with van der Waals surface area (Å²) in [6, 6.07) is 0. The summed E-state index contributed by atoms with van der Waals surface area (Å²) in [6.07, 6.45) is 2.30. The molecule has 0 aliphatic rings. The maximum absolute atomic E-state index is 8.12. The predicted molar refractivity (Wildman–Crippen MR) is 62.9 cm³/mol. The molecule has 0 aromatic heterocycles. The summed E-state index contributed by atoms with van der Waals surface area (Å²) >= 11 is 0. The third kappa shape index (κ3) is 7.25. The Hall–Kier alpha value is -0.703. The maximum atomic E-state index is 8.12. The van der Waals surface area contributed by atoms with Gasteiger partial charge in [0.2, 0.25) is 0 Å². The Morgan fingerprint density at radius 1 is 1.33 bits per heavy atom. The van der Waals surface area contributed by atoms with Crippen molar-refractivity contribution in [3.05, 3.63) is 12.7 Å². The van der Waals surface area contributed by atoms with Gasteiger partial charge in [-0.1, -0.05) is 26.8 Å². The van der Waals surface area contributed by atoms with Crippen LogP contribution in [0.25, 0.3) is 0 Å². The summed E-state index contributed by atoms with van der Waals surface area (Å²) in [7, 11) is -1.56. The molecule has 0 rings (SSSR count). The van der Waals surface area contributed by atoms with E-state index in [1.165, 1.54) is 0 Å². The number of carbonyl (C=O) groups excluding carboxylic acids is 2. The molecule has 88 valence electrons. The van der Waals surface area contributed by atoms with Crippen LogP contribution < -0.4 is 0 Å². The highest BCUT2D eigenvalue weighted by Crippen LogP contribution is 2.37. The van der Waals surface area contributed by atoms with Gasteiger partial charge in [-0.25, -0.2) is 0 Å². The van der Waals surface area contributed by atoms with E-state index < -0.39 is 8.32 Å². The normalized spacial score (nSPS) is 13.2. The standard InChI is InChI=1S/C10H22OSi.CO2/c1-8-9(2)11-12(6,7)10(3,4)5;2-1-3/h8-9H,1H2,2-7H3;/t9-;/m1./s1. The lowest BCUT2D eigenvalue weighted by molar-refractivity contribution is -0.191. The molecule has 0 amide bonds. The van der Waals surface area contributed by atoms with Gasteiger partial charge in [0.15, 0.2) is 8.32 Å². The van der Waals surface area contributed by atoms with Crippen LogP contribution in [-0.4, -0.2) is 20.6 Å². The molecule has 0 aliphatic carbocycles. The molecule has 0 fully saturated rings.